The number of carboxylic acid groups (broad SMARTS) is 1. The molecule has 1 fully saturated rings. The zero-order chi connectivity index (χ0) is 15.0. The van der Waals surface area contributed by atoms with Crippen molar-refractivity contribution in [1.82, 2.24) is 9.88 Å². The van der Waals surface area contributed by atoms with E-state index in [1.54, 1.807) is 23.4 Å². The van der Waals surface area contributed by atoms with E-state index in [0.29, 0.717) is 31.5 Å². The van der Waals surface area contributed by atoms with E-state index in [1.807, 2.05) is 12.1 Å². The number of carbonyl (C=O) groups is 2. The van der Waals surface area contributed by atoms with Crippen LogP contribution in [0.4, 0.5) is 0 Å². The number of benzene rings is 1. The highest BCUT2D eigenvalue weighted by Crippen LogP contribution is 2.31. The molecule has 1 saturated heterocycles. The summed E-state index contributed by atoms with van der Waals surface area (Å²) in [4.78, 5) is 29.7. The molecule has 0 unspecified atom stereocenters. The number of aromatic nitrogens is 1. The fourth-order valence-corrected chi connectivity index (χ4v) is 3.30. The Bertz CT molecular complexity index is 702. The normalized spacial score (nSPS) is 17.9. The molecular formula is C15H16N2O3S. The first-order chi connectivity index (χ1) is 9.99. The first-order valence-electron chi connectivity index (χ1n) is 6.85. The van der Waals surface area contributed by atoms with E-state index in [1.165, 1.54) is 11.3 Å². The molecular weight excluding hydrogens is 288 g/mol. The Morgan fingerprint density at radius 3 is 2.71 bits per heavy atom. The second-order valence-corrected chi connectivity index (χ2v) is 6.58. The lowest BCUT2D eigenvalue weighted by atomic mass is 9.80. The van der Waals surface area contributed by atoms with Crippen molar-refractivity contribution >= 4 is 33.4 Å². The zero-order valence-corrected chi connectivity index (χ0v) is 12.5. The number of hydrogen-bond acceptors (Lipinski definition) is 4. The molecule has 0 saturated carbocycles. The number of piperidine rings is 1. The molecule has 1 aliphatic rings. The largest absolute Gasteiger partial charge is 0.481 e. The van der Waals surface area contributed by atoms with Gasteiger partial charge in [0.1, 0.15) is 0 Å². The maximum Gasteiger partial charge on any atom is 0.309 e. The lowest BCUT2D eigenvalue weighted by Crippen LogP contribution is -2.45. The maximum absolute atomic E-state index is 12.5. The summed E-state index contributed by atoms with van der Waals surface area (Å²) >= 11 is 1.51. The fraction of sp³-hybridized carbons (Fsp3) is 0.400. The topological polar surface area (TPSA) is 70.5 Å². The van der Waals surface area contributed by atoms with Crippen molar-refractivity contribution in [3.05, 3.63) is 29.3 Å². The first kappa shape index (κ1) is 14.0. The van der Waals surface area contributed by atoms with Crippen LogP contribution in [0, 0.1) is 5.41 Å². The highest BCUT2D eigenvalue weighted by atomic mass is 32.1. The van der Waals surface area contributed by atoms with Gasteiger partial charge < -0.3 is 10.0 Å². The van der Waals surface area contributed by atoms with Crippen LogP contribution in [0.5, 0.6) is 0 Å². The van der Waals surface area contributed by atoms with Crippen LogP contribution in [0.3, 0.4) is 0 Å². The monoisotopic (exact) mass is 304 g/mol. The third-order valence-electron chi connectivity index (χ3n) is 4.25. The predicted octanol–water partition coefficient (Wildman–Crippen LogP) is 2.62. The van der Waals surface area contributed by atoms with Gasteiger partial charge in [0.05, 0.1) is 21.1 Å². The highest BCUT2D eigenvalue weighted by molar-refractivity contribution is 7.16. The quantitative estimate of drug-likeness (QED) is 0.926. The lowest BCUT2D eigenvalue weighted by Gasteiger charge is -2.36. The molecule has 1 aromatic heterocycles. The van der Waals surface area contributed by atoms with Crippen LogP contribution in [-0.4, -0.2) is 40.0 Å². The summed E-state index contributed by atoms with van der Waals surface area (Å²) in [6, 6.07) is 5.50. The van der Waals surface area contributed by atoms with Gasteiger partial charge >= 0.3 is 5.97 Å². The molecule has 0 bridgehead atoms. The number of amides is 1. The second kappa shape index (κ2) is 5.11. The lowest BCUT2D eigenvalue weighted by molar-refractivity contribution is -0.150. The fourth-order valence-electron chi connectivity index (χ4n) is 2.59. The Kier molecular flexibility index (Phi) is 3.41. The number of carbonyl (C=O) groups excluding carboxylic acids is 1. The molecule has 3 rings (SSSR count). The molecule has 1 N–H and O–H groups in total. The Labute approximate surface area is 126 Å². The predicted molar refractivity (Wildman–Crippen MR) is 80.5 cm³/mol. The van der Waals surface area contributed by atoms with E-state index in [9.17, 15) is 14.7 Å². The highest BCUT2D eigenvalue weighted by Gasteiger charge is 2.38. The minimum Gasteiger partial charge on any atom is -0.481 e. The van der Waals surface area contributed by atoms with Crippen LogP contribution in [0.15, 0.2) is 23.7 Å². The summed E-state index contributed by atoms with van der Waals surface area (Å²) in [5, 5.41) is 9.23. The van der Waals surface area contributed by atoms with Gasteiger partial charge in [-0.05, 0) is 38.0 Å². The van der Waals surface area contributed by atoms with E-state index < -0.39 is 11.4 Å². The molecule has 5 nitrogen and oxygen atoms in total. The Hall–Kier alpha value is -1.95. The smallest absolute Gasteiger partial charge is 0.309 e. The average molecular weight is 304 g/mol. The van der Waals surface area contributed by atoms with Crippen molar-refractivity contribution in [2.75, 3.05) is 13.1 Å². The van der Waals surface area contributed by atoms with Crippen molar-refractivity contribution < 1.29 is 14.7 Å². The number of likely N-dealkylation sites (tertiary alicyclic amines) is 1. The van der Waals surface area contributed by atoms with Gasteiger partial charge in [-0.15, -0.1) is 11.3 Å². The van der Waals surface area contributed by atoms with Gasteiger partial charge in [0.25, 0.3) is 5.91 Å². The summed E-state index contributed by atoms with van der Waals surface area (Å²) < 4.78 is 0.994. The average Bonchev–Trinajstić information content (AvgIpc) is 2.94. The second-order valence-electron chi connectivity index (χ2n) is 5.69. The molecule has 0 aliphatic carbocycles. The molecule has 6 heteroatoms. The molecule has 2 heterocycles. The van der Waals surface area contributed by atoms with Gasteiger partial charge in [-0.2, -0.15) is 0 Å². The summed E-state index contributed by atoms with van der Waals surface area (Å²) in [5.74, 6) is -0.807. The van der Waals surface area contributed by atoms with Crippen molar-refractivity contribution in [2.24, 2.45) is 5.41 Å². The van der Waals surface area contributed by atoms with Gasteiger partial charge in [0, 0.05) is 18.7 Å². The maximum atomic E-state index is 12.5. The number of fused-ring (bicyclic) bond motifs is 1. The molecule has 0 radical (unpaired) electrons. The van der Waals surface area contributed by atoms with E-state index in [-0.39, 0.29) is 5.91 Å². The summed E-state index contributed by atoms with van der Waals surface area (Å²) in [7, 11) is 0. The number of hydrogen-bond donors (Lipinski definition) is 1. The molecule has 1 amide bonds. The van der Waals surface area contributed by atoms with E-state index >= 15 is 0 Å². The van der Waals surface area contributed by atoms with Crippen molar-refractivity contribution in [1.29, 1.82) is 0 Å². The standard InChI is InChI=1S/C15H16N2O3S/c1-15(14(19)20)4-6-17(7-5-15)13(18)10-2-3-11-12(8-10)21-9-16-11/h2-3,8-9H,4-7H2,1H3,(H,19,20). The van der Waals surface area contributed by atoms with E-state index in [0.717, 1.165) is 10.2 Å². The van der Waals surface area contributed by atoms with E-state index in [4.69, 9.17) is 0 Å². The van der Waals surface area contributed by atoms with Crippen LogP contribution in [0.1, 0.15) is 30.1 Å². The van der Waals surface area contributed by atoms with Gasteiger partial charge in [-0.3, -0.25) is 9.59 Å². The zero-order valence-electron chi connectivity index (χ0n) is 11.7. The summed E-state index contributed by atoms with van der Waals surface area (Å²) in [5.41, 5.74) is 2.59. The Balaban J connectivity index is 1.76. The molecule has 2 aromatic rings. The first-order valence-corrected chi connectivity index (χ1v) is 7.73. The number of nitrogens with zero attached hydrogens (tertiary/aromatic N) is 2. The van der Waals surface area contributed by atoms with Crippen molar-refractivity contribution in [2.45, 2.75) is 19.8 Å². The van der Waals surface area contributed by atoms with Gasteiger partial charge in [-0.1, -0.05) is 0 Å². The molecule has 1 aromatic carbocycles. The van der Waals surface area contributed by atoms with Crippen LogP contribution in [0.25, 0.3) is 10.2 Å². The summed E-state index contributed by atoms with van der Waals surface area (Å²) in [6.45, 7) is 2.73. The minimum atomic E-state index is -0.777. The Morgan fingerprint density at radius 2 is 2.05 bits per heavy atom. The SMILES string of the molecule is CC1(C(=O)O)CCN(C(=O)c2ccc3ncsc3c2)CC1. The number of thiazole rings is 1. The summed E-state index contributed by atoms with van der Waals surface area (Å²) in [6.07, 6.45) is 0.994. The minimum absolute atomic E-state index is 0.0299. The van der Waals surface area contributed by atoms with E-state index in [2.05, 4.69) is 4.98 Å². The Morgan fingerprint density at radius 1 is 1.33 bits per heavy atom. The molecule has 1 aliphatic heterocycles. The molecule has 21 heavy (non-hydrogen) atoms. The third kappa shape index (κ3) is 2.51. The van der Waals surface area contributed by atoms with Crippen molar-refractivity contribution in [3.8, 4) is 0 Å². The number of rotatable bonds is 2. The van der Waals surface area contributed by atoms with Gasteiger partial charge in [0.15, 0.2) is 0 Å². The van der Waals surface area contributed by atoms with Crippen molar-refractivity contribution in [3.63, 3.8) is 0 Å². The van der Waals surface area contributed by atoms with Crippen LogP contribution in [-0.2, 0) is 4.79 Å². The van der Waals surface area contributed by atoms with Crippen LogP contribution >= 0.6 is 11.3 Å². The third-order valence-corrected chi connectivity index (χ3v) is 5.04. The molecule has 0 spiro atoms. The molecule has 110 valence electrons. The van der Waals surface area contributed by atoms with Crippen LogP contribution in [0.2, 0.25) is 0 Å². The van der Waals surface area contributed by atoms with Crippen LogP contribution < -0.4 is 0 Å². The number of carboxylic acids is 1. The number of aliphatic carboxylic acids is 1. The molecule has 0 atom stereocenters. The van der Waals surface area contributed by atoms with Gasteiger partial charge in [-0.25, -0.2) is 4.98 Å². The van der Waals surface area contributed by atoms with Gasteiger partial charge in [0.2, 0.25) is 0 Å².